The van der Waals surface area contributed by atoms with E-state index in [2.05, 4.69) is 17.3 Å². The number of piperidine rings is 1. The maximum absolute atomic E-state index is 5.93. The number of piperazine rings is 1. The summed E-state index contributed by atoms with van der Waals surface area (Å²) in [5.41, 5.74) is 5.93. The third-order valence-corrected chi connectivity index (χ3v) is 3.06. The Morgan fingerprint density at radius 3 is 2.36 bits per heavy atom. The molecule has 2 aliphatic heterocycles. The second-order valence-electron chi connectivity index (χ2n) is 3.86. The zero-order valence-electron chi connectivity index (χ0n) is 7.09. The van der Waals surface area contributed by atoms with Crippen LogP contribution in [0.4, 0.5) is 0 Å². The van der Waals surface area contributed by atoms with Gasteiger partial charge in [0, 0.05) is 31.2 Å². The molecule has 2 unspecified atom stereocenters. The number of nitrogens with zero attached hydrogens (tertiary/aromatic N) is 1. The molecule has 0 saturated carbocycles. The second-order valence-corrected chi connectivity index (χ2v) is 3.86. The first kappa shape index (κ1) is 7.53. The number of likely N-dealkylation sites (N-methyl/N-ethyl adjacent to an activating group) is 1. The molecule has 2 aliphatic rings. The maximum atomic E-state index is 5.93. The number of rotatable bonds is 0. The van der Waals surface area contributed by atoms with Gasteiger partial charge in [0.25, 0.3) is 0 Å². The summed E-state index contributed by atoms with van der Waals surface area (Å²) < 4.78 is 0. The van der Waals surface area contributed by atoms with Crippen LogP contribution in [-0.4, -0.2) is 43.2 Å². The minimum Gasteiger partial charge on any atom is -0.328 e. The molecule has 3 N–H and O–H groups in total. The highest BCUT2D eigenvalue weighted by Gasteiger charge is 2.34. The molecule has 3 heteroatoms. The lowest BCUT2D eigenvalue weighted by Gasteiger charge is -2.46. The molecule has 0 aliphatic carbocycles. The van der Waals surface area contributed by atoms with Crippen molar-refractivity contribution in [3.05, 3.63) is 0 Å². The Labute approximate surface area is 67.9 Å². The SMILES string of the molecule is CN1C2CNCC1CC(N)C2. The molecule has 3 nitrogen and oxygen atoms in total. The third kappa shape index (κ3) is 1.28. The van der Waals surface area contributed by atoms with E-state index >= 15 is 0 Å². The Kier molecular flexibility index (Phi) is 1.87. The number of hydrogen-bond acceptors (Lipinski definition) is 3. The van der Waals surface area contributed by atoms with Gasteiger partial charge in [-0.05, 0) is 19.9 Å². The molecule has 0 spiro atoms. The molecular formula is C8H17N3. The van der Waals surface area contributed by atoms with Gasteiger partial charge in [0.05, 0.1) is 0 Å². The molecule has 0 aromatic carbocycles. The van der Waals surface area contributed by atoms with Crippen molar-refractivity contribution in [3.8, 4) is 0 Å². The lowest BCUT2D eigenvalue weighted by atomic mass is 9.90. The predicted molar refractivity (Wildman–Crippen MR) is 45.4 cm³/mol. The van der Waals surface area contributed by atoms with Crippen molar-refractivity contribution < 1.29 is 0 Å². The molecule has 2 rings (SSSR count). The Morgan fingerprint density at radius 1 is 1.27 bits per heavy atom. The Balaban J connectivity index is 2.07. The lowest BCUT2D eigenvalue weighted by Crippen LogP contribution is -2.61. The van der Waals surface area contributed by atoms with E-state index in [4.69, 9.17) is 5.73 Å². The standard InChI is InChI=1S/C8H17N3/c1-11-7-2-6(9)3-8(11)5-10-4-7/h6-8,10H,2-5,9H2,1H3. The van der Waals surface area contributed by atoms with Crippen molar-refractivity contribution >= 4 is 0 Å². The normalized spacial score (nSPS) is 45.8. The van der Waals surface area contributed by atoms with E-state index in [0.717, 1.165) is 13.1 Å². The van der Waals surface area contributed by atoms with Gasteiger partial charge >= 0.3 is 0 Å². The molecule has 11 heavy (non-hydrogen) atoms. The Bertz CT molecular complexity index is 134. The van der Waals surface area contributed by atoms with E-state index in [1.54, 1.807) is 0 Å². The summed E-state index contributed by atoms with van der Waals surface area (Å²) in [7, 11) is 2.22. The van der Waals surface area contributed by atoms with Crippen molar-refractivity contribution in [3.63, 3.8) is 0 Å². The molecule has 0 radical (unpaired) electrons. The summed E-state index contributed by atoms with van der Waals surface area (Å²) in [6.45, 7) is 2.25. The van der Waals surface area contributed by atoms with Crippen molar-refractivity contribution in [1.82, 2.24) is 10.2 Å². The molecule has 64 valence electrons. The third-order valence-electron chi connectivity index (χ3n) is 3.06. The van der Waals surface area contributed by atoms with E-state index in [1.807, 2.05) is 0 Å². The van der Waals surface area contributed by atoms with Gasteiger partial charge in [-0.15, -0.1) is 0 Å². The van der Waals surface area contributed by atoms with Crippen molar-refractivity contribution in [2.75, 3.05) is 20.1 Å². The van der Waals surface area contributed by atoms with Crippen LogP contribution in [0.15, 0.2) is 0 Å². The molecule has 0 amide bonds. The first-order valence-electron chi connectivity index (χ1n) is 4.45. The summed E-state index contributed by atoms with van der Waals surface area (Å²) in [5.74, 6) is 0. The minimum atomic E-state index is 0.447. The zero-order valence-corrected chi connectivity index (χ0v) is 7.09. The maximum Gasteiger partial charge on any atom is 0.0235 e. The van der Waals surface area contributed by atoms with Crippen LogP contribution in [0.2, 0.25) is 0 Å². The van der Waals surface area contributed by atoms with Crippen LogP contribution in [0.3, 0.4) is 0 Å². The zero-order chi connectivity index (χ0) is 7.84. The van der Waals surface area contributed by atoms with Crippen molar-refractivity contribution in [2.45, 2.75) is 31.0 Å². The summed E-state index contributed by atoms with van der Waals surface area (Å²) in [4.78, 5) is 2.49. The van der Waals surface area contributed by atoms with Gasteiger partial charge in [-0.1, -0.05) is 0 Å². The smallest absolute Gasteiger partial charge is 0.0235 e. The Morgan fingerprint density at radius 2 is 1.82 bits per heavy atom. The van der Waals surface area contributed by atoms with E-state index in [1.165, 1.54) is 12.8 Å². The van der Waals surface area contributed by atoms with Crippen LogP contribution in [0.5, 0.6) is 0 Å². The summed E-state index contributed by atoms with van der Waals surface area (Å²) >= 11 is 0. The molecule has 2 atom stereocenters. The second kappa shape index (κ2) is 2.73. The van der Waals surface area contributed by atoms with E-state index in [0.29, 0.717) is 18.1 Å². The highest BCUT2D eigenvalue weighted by atomic mass is 15.2. The van der Waals surface area contributed by atoms with Gasteiger partial charge < -0.3 is 11.1 Å². The predicted octanol–water partition coefficient (Wildman–Crippen LogP) is -0.620. The van der Waals surface area contributed by atoms with Crippen LogP contribution in [-0.2, 0) is 0 Å². The van der Waals surface area contributed by atoms with E-state index in [-0.39, 0.29) is 0 Å². The van der Waals surface area contributed by atoms with Gasteiger partial charge in [0.15, 0.2) is 0 Å². The van der Waals surface area contributed by atoms with Crippen molar-refractivity contribution in [2.24, 2.45) is 5.73 Å². The van der Waals surface area contributed by atoms with Crippen molar-refractivity contribution in [1.29, 1.82) is 0 Å². The molecule has 2 heterocycles. The topological polar surface area (TPSA) is 41.3 Å². The fraction of sp³-hybridized carbons (Fsp3) is 1.00. The highest BCUT2D eigenvalue weighted by Crippen LogP contribution is 2.22. The molecule has 0 aromatic rings. The number of nitrogens with one attached hydrogen (secondary N) is 1. The van der Waals surface area contributed by atoms with Gasteiger partial charge in [0.2, 0.25) is 0 Å². The van der Waals surface area contributed by atoms with Gasteiger partial charge in [-0.25, -0.2) is 0 Å². The summed E-state index contributed by atoms with van der Waals surface area (Å²) in [6.07, 6.45) is 2.33. The van der Waals surface area contributed by atoms with E-state index < -0.39 is 0 Å². The van der Waals surface area contributed by atoms with Gasteiger partial charge in [-0.2, -0.15) is 0 Å². The molecule has 2 fully saturated rings. The average molecular weight is 155 g/mol. The number of hydrogen-bond donors (Lipinski definition) is 2. The van der Waals surface area contributed by atoms with Gasteiger partial charge in [0.1, 0.15) is 0 Å². The lowest BCUT2D eigenvalue weighted by molar-refractivity contribution is 0.0701. The molecule has 2 bridgehead atoms. The molecule has 2 saturated heterocycles. The van der Waals surface area contributed by atoms with Crippen LogP contribution >= 0.6 is 0 Å². The first-order valence-corrected chi connectivity index (χ1v) is 4.45. The summed E-state index contributed by atoms with van der Waals surface area (Å²) in [5, 5.41) is 3.44. The highest BCUT2D eigenvalue weighted by molar-refractivity contribution is 4.94. The van der Waals surface area contributed by atoms with Crippen LogP contribution in [0, 0.1) is 0 Å². The largest absolute Gasteiger partial charge is 0.328 e. The number of nitrogens with two attached hydrogens (primary N) is 1. The Hall–Kier alpha value is -0.120. The van der Waals surface area contributed by atoms with Crippen LogP contribution in [0.25, 0.3) is 0 Å². The molecular weight excluding hydrogens is 138 g/mol. The fourth-order valence-electron chi connectivity index (χ4n) is 2.30. The summed E-state index contributed by atoms with van der Waals surface area (Å²) in [6, 6.07) is 1.83. The minimum absolute atomic E-state index is 0.447. The van der Waals surface area contributed by atoms with E-state index in [9.17, 15) is 0 Å². The monoisotopic (exact) mass is 155 g/mol. The fourth-order valence-corrected chi connectivity index (χ4v) is 2.30. The average Bonchev–Trinajstić information content (AvgIpc) is 1.92. The van der Waals surface area contributed by atoms with Crippen LogP contribution in [0.1, 0.15) is 12.8 Å². The molecule has 0 aromatic heterocycles. The number of fused-ring (bicyclic) bond motifs is 2. The van der Waals surface area contributed by atoms with Crippen LogP contribution < -0.4 is 11.1 Å². The quantitative estimate of drug-likeness (QED) is 0.490. The first-order chi connectivity index (χ1) is 5.27. The van der Waals surface area contributed by atoms with Gasteiger partial charge in [-0.3, -0.25) is 4.90 Å².